The maximum absolute atomic E-state index is 8.65. The van der Waals surface area contributed by atoms with E-state index in [0.717, 1.165) is 35.8 Å². The fourth-order valence-corrected chi connectivity index (χ4v) is 2.02. The molecule has 0 amide bonds. The fraction of sp³-hybridized carbons (Fsp3) is 0.364. The van der Waals surface area contributed by atoms with Crippen molar-refractivity contribution in [3.05, 3.63) is 29.6 Å². The smallest absolute Gasteiger partial charge is 0.194 e. The molecule has 2 heterocycles. The van der Waals surface area contributed by atoms with Crippen LogP contribution in [0.5, 0.6) is 0 Å². The number of thiophene rings is 1. The Hall–Kier alpha value is -1.13. The third-order valence-electron chi connectivity index (χ3n) is 2.12. The molecule has 0 saturated heterocycles. The third-order valence-corrected chi connectivity index (χ3v) is 3.00. The van der Waals surface area contributed by atoms with Crippen LogP contribution in [0.3, 0.4) is 0 Å². The highest BCUT2D eigenvalue weighted by atomic mass is 32.1. The quantitative estimate of drug-likeness (QED) is 0.793. The van der Waals surface area contributed by atoms with E-state index >= 15 is 0 Å². The molecule has 2 rings (SSSR count). The summed E-state index contributed by atoms with van der Waals surface area (Å²) < 4.78 is 5.59. The summed E-state index contributed by atoms with van der Waals surface area (Å²) in [5.41, 5.74) is 0. The van der Waals surface area contributed by atoms with Gasteiger partial charge in [0.15, 0.2) is 11.7 Å². The van der Waals surface area contributed by atoms with Crippen molar-refractivity contribution in [2.45, 2.75) is 19.3 Å². The molecule has 0 saturated carbocycles. The molecule has 2 aromatic heterocycles. The predicted octanol–water partition coefficient (Wildman–Crippen LogP) is 2.72. The van der Waals surface area contributed by atoms with Crippen LogP contribution in [0.4, 0.5) is 0 Å². The lowest BCUT2D eigenvalue weighted by Gasteiger charge is -1.93. The van der Waals surface area contributed by atoms with Gasteiger partial charge in [0.2, 0.25) is 0 Å². The SMILES string of the molecule is OCCCCc1ncc(-c2cccs2)o1. The molecule has 0 fully saturated rings. The van der Waals surface area contributed by atoms with E-state index in [-0.39, 0.29) is 6.61 Å². The van der Waals surface area contributed by atoms with Crippen molar-refractivity contribution in [2.24, 2.45) is 0 Å². The molecule has 4 heteroatoms. The van der Waals surface area contributed by atoms with Gasteiger partial charge in [0.05, 0.1) is 11.1 Å². The highest BCUT2D eigenvalue weighted by molar-refractivity contribution is 7.13. The second-order valence-electron chi connectivity index (χ2n) is 3.28. The summed E-state index contributed by atoms with van der Waals surface area (Å²) in [5, 5.41) is 10.7. The van der Waals surface area contributed by atoms with Crippen LogP contribution in [0.1, 0.15) is 18.7 Å². The Morgan fingerprint density at radius 3 is 3.07 bits per heavy atom. The lowest BCUT2D eigenvalue weighted by molar-refractivity contribution is 0.283. The molecule has 80 valence electrons. The van der Waals surface area contributed by atoms with Crippen molar-refractivity contribution in [1.29, 1.82) is 0 Å². The zero-order valence-electron chi connectivity index (χ0n) is 8.35. The van der Waals surface area contributed by atoms with E-state index in [0.29, 0.717) is 0 Å². The van der Waals surface area contributed by atoms with E-state index in [1.807, 2.05) is 17.5 Å². The molecule has 0 spiro atoms. The third kappa shape index (κ3) is 2.67. The van der Waals surface area contributed by atoms with E-state index in [9.17, 15) is 0 Å². The molecule has 0 bridgehead atoms. The monoisotopic (exact) mass is 223 g/mol. The van der Waals surface area contributed by atoms with E-state index in [1.165, 1.54) is 0 Å². The molecular weight excluding hydrogens is 210 g/mol. The number of rotatable bonds is 5. The van der Waals surface area contributed by atoms with Crippen molar-refractivity contribution in [1.82, 2.24) is 4.98 Å². The van der Waals surface area contributed by atoms with Crippen LogP contribution in [-0.2, 0) is 6.42 Å². The molecule has 0 aromatic carbocycles. The average Bonchev–Trinajstić information content (AvgIpc) is 2.87. The second-order valence-corrected chi connectivity index (χ2v) is 4.22. The molecule has 1 N–H and O–H groups in total. The Balaban J connectivity index is 1.98. The summed E-state index contributed by atoms with van der Waals surface area (Å²) >= 11 is 1.64. The molecule has 0 aliphatic rings. The van der Waals surface area contributed by atoms with Gasteiger partial charge in [-0.1, -0.05) is 6.07 Å². The fourth-order valence-electron chi connectivity index (χ4n) is 1.35. The predicted molar refractivity (Wildman–Crippen MR) is 59.8 cm³/mol. The van der Waals surface area contributed by atoms with Gasteiger partial charge in [-0.3, -0.25) is 0 Å². The van der Waals surface area contributed by atoms with Crippen LogP contribution in [0.25, 0.3) is 10.6 Å². The summed E-state index contributed by atoms with van der Waals surface area (Å²) in [5.74, 6) is 1.59. The van der Waals surface area contributed by atoms with E-state index in [4.69, 9.17) is 9.52 Å². The van der Waals surface area contributed by atoms with Crippen molar-refractivity contribution in [2.75, 3.05) is 6.61 Å². The minimum Gasteiger partial charge on any atom is -0.440 e. The van der Waals surface area contributed by atoms with Crippen molar-refractivity contribution in [3.63, 3.8) is 0 Å². The van der Waals surface area contributed by atoms with Gasteiger partial charge in [-0.15, -0.1) is 11.3 Å². The molecule has 0 unspecified atom stereocenters. The average molecular weight is 223 g/mol. The largest absolute Gasteiger partial charge is 0.440 e. The van der Waals surface area contributed by atoms with Crippen LogP contribution < -0.4 is 0 Å². The van der Waals surface area contributed by atoms with Gasteiger partial charge in [-0.2, -0.15) is 0 Å². The Labute approximate surface area is 92.4 Å². The van der Waals surface area contributed by atoms with Crippen molar-refractivity contribution >= 4 is 11.3 Å². The first-order valence-electron chi connectivity index (χ1n) is 4.99. The number of aliphatic hydroxyl groups is 1. The summed E-state index contributed by atoms with van der Waals surface area (Å²) in [6, 6.07) is 4.01. The summed E-state index contributed by atoms with van der Waals surface area (Å²) in [6.45, 7) is 0.235. The number of hydrogen-bond acceptors (Lipinski definition) is 4. The van der Waals surface area contributed by atoms with Gasteiger partial charge in [0.1, 0.15) is 0 Å². The van der Waals surface area contributed by atoms with Gasteiger partial charge in [0.25, 0.3) is 0 Å². The maximum Gasteiger partial charge on any atom is 0.194 e. The van der Waals surface area contributed by atoms with Crippen LogP contribution in [0.15, 0.2) is 28.1 Å². The van der Waals surface area contributed by atoms with Crippen molar-refractivity contribution in [3.8, 4) is 10.6 Å². The van der Waals surface area contributed by atoms with Crippen LogP contribution >= 0.6 is 11.3 Å². The molecule has 0 aliphatic carbocycles. The molecule has 0 atom stereocenters. The van der Waals surface area contributed by atoms with E-state index in [1.54, 1.807) is 17.5 Å². The lowest BCUT2D eigenvalue weighted by Crippen LogP contribution is -1.87. The molecule has 0 aliphatic heterocycles. The van der Waals surface area contributed by atoms with Crippen molar-refractivity contribution < 1.29 is 9.52 Å². The number of nitrogens with zero attached hydrogens (tertiary/aromatic N) is 1. The van der Waals surface area contributed by atoms with Gasteiger partial charge in [-0.05, 0) is 24.3 Å². The number of aromatic nitrogens is 1. The molecular formula is C11H13NO2S. The Kier molecular flexibility index (Phi) is 3.53. The normalized spacial score (nSPS) is 10.7. The van der Waals surface area contributed by atoms with E-state index < -0.39 is 0 Å². The first-order chi connectivity index (χ1) is 7.40. The highest BCUT2D eigenvalue weighted by Gasteiger charge is 2.06. The van der Waals surface area contributed by atoms with Gasteiger partial charge in [-0.25, -0.2) is 4.98 Å². The molecule has 2 aromatic rings. The Bertz CT molecular complexity index is 394. The second kappa shape index (κ2) is 5.09. The number of hydrogen-bond donors (Lipinski definition) is 1. The zero-order valence-corrected chi connectivity index (χ0v) is 9.17. The van der Waals surface area contributed by atoms with Gasteiger partial charge < -0.3 is 9.52 Å². The van der Waals surface area contributed by atoms with Crippen LogP contribution in [0.2, 0.25) is 0 Å². The van der Waals surface area contributed by atoms with E-state index in [2.05, 4.69) is 4.98 Å². The number of oxazole rings is 1. The number of unbranched alkanes of at least 4 members (excludes halogenated alkanes) is 1. The molecule has 15 heavy (non-hydrogen) atoms. The minimum absolute atomic E-state index is 0.235. The first kappa shape index (κ1) is 10.4. The van der Waals surface area contributed by atoms with Crippen LogP contribution in [0, 0.1) is 0 Å². The first-order valence-corrected chi connectivity index (χ1v) is 5.87. The van der Waals surface area contributed by atoms with Gasteiger partial charge in [0, 0.05) is 13.0 Å². The molecule has 0 radical (unpaired) electrons. The van der Waals surface area contributed by atoms with Crippen LogP contribution in [-0.4, -0.2) is 16.7 Å². The molecule has 3 nitrogen and oxygen atoms in total. The summed E-state index contributed by atoms with van der Waals surface area (Å²) in [6.07, 6.45) is 4.28. The highest BCUT2D eigenvalue weighted by Crippen LogP contribution is 2.25. The Morgan fingerprint density at radius 1 is 1.40 bits per heavy atom. The topological polar surface area (TPSA) is 46.3 Å². The lowest BCUT2D eigenvalue weighted by atomic mass is 10.2. The van der Waals surface area contributed by atoms with Gasteiger partial charge >= 0.3 is 0 Å². The zero-order chi connectivity index (χ0) is 10.5. The number of aryl methyl sites for hydroxylation is 1. The standard InChI is InChI=1S/C11H13NO2S/c13-6-2-1-5-11-12-8-9(14-11)10-4-3-7-15-10/h3-4,7-8,13H,1-2,5-6H2. The Morgan fingerprint density at radius 2 is 2.33 bits per heavy atom. The summed E-state index contributed by atoms with van der Waals surface area (Å²) in [7, 11) is 0. The summed E-state index contributed by atoms with van der Waals surface area (Å²) in [4.78, 5) is 5.31. The number of aliphatic hydroxyl groups excluding tert-OH is 1. The maximum atomic E-state index is 8.65. The minimum atomic E-state index is 0.235.